The van der Waals surface area contributed by atoms with Crippen molar-refractivity contribution in [2.75, 3.05) is 0 Å². The lowest BCUT2D eigenvalue weighted by Crippen LogP contribution is -1.95. The number of hydrogen-bond donors (Lipinski definition) is 0. The highest BCUT2D eigenvalue weighted by Crippen LogP contribution is 2.24. The van der Waals surface area contributed by atoms with Gasteiger partial charge >= 0.3 is 0 Å². The van der Waals surface area contributed by atoms with E-state index in [0.29, 0.717) is 5.92 Å². The van der Waals surface area contributed by atoms with Crippen molar-refractivity contribution >= 4 is 10.8 Å². The Morgan fingerprint density at radius 3 is 2.33 bits per heavy atom. The van der Waals surface area contributed by atoms with Crippen molar-refractivity contribution in [3.8, 4) is 0 Å². The van der Waals surface area contributed by atoms with Crippen molar-refractivity contribution < 1.29 is 0 Å². The maximum atomic E-state index is 2.33. The summed E-state index contributed by atoms with van der Waals surface area (Å²) in [5.41, 5.74) is 2.93. The number of fused-ring (bicyclic) bond motifs is 1. The third kappa shape index (κ3) is 3.33. The molecule has 0 saturated heterocycles. The minimum atomic E-state index is 0.640. The van der Waals surface area contributed by atoms with Gasteiger partial charge in [0.15, 0.2) is 0 Å². The lowest BCUT2D eigenvalue weighted by Gasteiger charge is -2.12. The predicted molar refractivity (Wildman–Crippen MR) is 91.7 cm³/mol. The summed E-state index contributed by atoms with van der Waals surface area (Å²) in [5, 5.41) is 2.76. The number of hydrogen-bond acceptors (Lipinski definition) is 0. The molecule has 106 valence electrons. The van der Waals surface area contributed by atoms with Crippen molar-refractivity contribution in [3.63, 3.8) is 0 Å². The maximum Gasteiger partial charge on any atom is -0.0152 e. The Balaban J connectivity index is 1.65. The van der Waals surface area contributed by atoms with Crippen LogP contribution in [0.4, 0.5) is 0 Å². The van der Waals surface area contributed by atoms with E-state index in [1.807, 2.05) is 0 Å². The zero-order valence-corrected chi connectivity index (χ0v) is 12.6. The van der Waals surface area contributed by atoms with Crippen LogP contribution in [0.1, 0.15) is 36.8 Å². The van der Waals surface area contributed by atoms with Crippen LogP contribution in [0.3, 0.4) is 0 Å². The first-order valence-electron chi connectivity index (χ1n) is 7.86. The Labute approximate surface area is 127 Å². The Kier molecular flexibility index (Phi) is 4.35. The van der Waals surface area contributed by atoms with Crippen molar-refractivity contribution in [2.45, 2.75) is 32.1 Å². The van der Waals surface area contributed by atoms with Gasteiger partial charge < -0.3 is 0 Å². The van der Waals surface area contributed by atoms with Crippen molar-refractivity contribution in [2.24, 2.45) is 0 Å². The molecule has 21 heavy (non-hydrogen) atoms. The average Bonchev–Trinajstić information content (AvgIpc) is 2.56. The van der Waals surface area contributed by atoms with Crippen LogP contribution in [0.15, 0.2) is 72.8 Å². The van der Waals surface area contributed by atoms with Gasteiger partial charge in [0, 0.05) is 0 Å². The highest BCUT2D eigenvalue weighted by atomic mass is 14.1. The first kappa shape index (κ1) is 13.9. The van der Waals surface area contributed by atoms with Gasteiger partial charge in [0.25, 0.3) is 0 Å². The molecule has 0 unspecified atom stereocenters. The minimum absolute atomic E-state index is 0.640. The first-order valence-corrected chi connectivity index (χ1v) is 7.86. The number of rotatable bonds is 5. The van der Waals surface area contributed by atoms with Crippen LogP contribution >= 0.6 is 0 Å². The molecule has 0 amide bonds. The third-order valence-corrected chi connectivity index (χ3v) is 4.33. The molecule has 0 bridgehead atoms. The van der Waals surface area contributed by atoms with Crippen LogP contribution < -0.4 is 0 Å². The van der Waals surface area contributed by atoms with E-state index in [-0.39, 0.29) is 0 Å². The fourth-order valence-electron chi connectivity index (χ4n) is 3.06. The second kappa shape index (κ2) is 6.58. The minimum Gasteiger partial charge on any atom is -0.0622 e. The Morgan fingerprint density at radius 2 is 1.48 bits per heavy atom. The van der Waals surface area contributed by atoms with Crippen molar-refractivity contribution in [1.82, 2.24) is 0 Å². The van der Waals surface area contributed by atoms with E-state index in [4.69, 9.17) is 0 Å². The Hall–Kier alpha value is -2.08. The monoisotopic (exact) mass is 274 g/mol. The van der Waals surface area contributed by atoms with Gasteiger partial charge in [-0.25, -0.2) is 0 Å². The second-order valence-electron chi connectivity index (χ2n) is 5.84. The largest absolute Gasteiger partial charge is 0.0622 e. The predicted octanol–water partition coefficient (Wildman–Crippen LogP) is 5.97. The van der Waals surface area contributed by atoms with Crippen LogP contribution in [0.2, 0.25) is 0 Å². The van der Waals surface area contributed by atoms with E-state index in [2.05, 4.69) is 79.7 Å². The summed E-state index contributed by atoms with van der Waals surface area (Å²) in [6, 6.07) is 26.2. The van der Waals surface area contributed by atoms with E-state index < -0.39 is 0 Å². The van der Waals surface area contributed by atoms with Gasteiger partial charge in [0.05, 0.1) is 0 Å². The van der Waals surface area contributed by atoms with Gasteiger partial charge in [0.2, 0.25) is 0 Å². The highest BCUT2D eigenvalue weighted by molar-refractivity contribution is 5.85. The van der Waals surface area contributed by atoms with Crippen LogP contribution in [0.25, 0.3) is 10.8 Å². The van der Waals surface area contributed by atoms with Gasteiger partial charge in [0.1, 0.15) is 0 Å². The van der Waals surface area contributed by atoms with Crippen LogP contribution in [-0.2, 0) is 6.42 Å². The molecule has 0 nitrogen and oxygen atoms in total. The fraction of sp³-hybridized carbons (Fsp3) is 0.238. The zero-order valence-electron chi connectivity index (χ0n) is 12.6. The second-order valence-corrected chi connectivity index (χ2v) is 5.84. The van der Waals surface area contributed by atoms with Crippen molar-refractivity contribution in [3.05, 3.63) is 83.9 Å². The van der Waals surface area contributed by atoms with E-state index in [1.54, 1.807) is 0 Å². The lowest BCUT2D eigenvalue weighted by atomic mass is 9.93. The summed E-state index contributed by atoms with van der Waals surface area (Å²) >= 11 is 0. The molecule has 0 heteroatoms. The summed E-state index contributed by atoms with van der Waals surface area (Å²) in [6.45, 7) is 2.33. The van der Waals surface area contributed by atoms with Gasteiger partial charge in [-0.1, -0.05) is 79.7 Å². The Morgan fingerprint density at radius 1 is 0.762 bits per heavy atom. The van der Waals surface area contributed by atoms with E-state index >= 15 is 0 Å². The quantitative estimate of drug-likeness (QED) is 0.538. The Bertz CT molecular complexity index is 692. The molecule has 0 fully saturated rings. The molecule has 3 aromatic rings. The maximum absolute atomic E-state index is 2.33. The summed E-state index contributed by atoms with van der Waals surface area (Å²) < 4.78 is 0. The molecular weight excluding hydrogens is 252 g/mol. The number of aryl methyl sites for hydroxylation is 1. The SMILES string of the molecule is C[C@@H](CCCc1cccc2ccccc12)c1ccccc1. The molecule has 3 rings (SSSR count). The highest BCUT2D eigenvalue weighted by Gasteiger charge is 2.06. The molecule has 0 N–H and O–H groups in total. The van der Waals surface area contributed by atoms with Gasteiger partial charge in [-0.05, 0) is 47.1 Å². The van der Waals surface area contributed by atoms with Gasteiger partial charge in [-0.3, -0.25) is 0 Å². The molecule has 0 aliphatic rings. The molecule has 1 atom stereocenters. The first-order chi connectivity index (χ1) is 10.3. The molecular formula is C21H22. The number of benzene rings is 3. The normalized spacial score (nSPS) is 12.4. The van der Waals surface area contributed by atoms with Crippen molar-refractivity contribution in [1.29, 1.82) is 0 Å². The van der Waals surface area contributed by atoms with Gasteiger partial charge in [-0.2, -0.15) is 0 Å². The summed E-state index contributed by atoms with van der Waals surface area (Å²) in [5.74, 6) is 0.640. The summed E-state index contributed by atoms with van der Waals surface area (Å²) in [7, 11) is 0. The fourth-order valence-corrected chi connectivity index (χ4v) is 3.06. The lowest BCUT2D eigenvalue weighted by molar-refractivity contribution is 0.635. The standard InChI is InChI=1S/C21H22/c1-17(18-10-3-2-4-11-18)9-7-13-20-15-8-14-19-12-5-6-16-21(19)20/h2-6,8,10-12,14-17H,7,9,13H2,1H3/t17-/m0/s1. The average molecular weight is 274 g/mol. The molecule has 0 saturated carbocycles. The van der Waals surface area contributed by atoms with E-state index in [1.165, 1.54) is 41.2 Å². The molecule has 0 spiro atoms. The molecule has 0 aromatic heterocycles. The molecule has 3 aromatic carbocycles. The van der Waals surface area contributed by atoms with Crippen LogP contribution in [0.5, 0.6) is 0 Å². The molecule has 0 aliphatic heterocycles. The smallest absolute Gasteiger partial charge is 0.0152 e. The summed E-state index contributed by atoms with van der Waals surface area (Å²) in [4.78, 5) is 0. The molecule has 0 radical (unpaired) electrons. The van der Waals surface area contributed by atoms with E-state index in [0.717, 1.165) is 0 Å². The van der Waals surface area contributed by atoms with Crippen LogP contribution in [-0.4, -0.2) is 0 Å². The third-order valence-electron chi connectivity index (χ3n) is 4.33. The molecule has 0 aliphatic carbocycles. The molecule has 0 heterocycles. The topological polar surface area (TPSA) is 0 Å². The van der Waals surface area contributed by atoms with E-state index in [9.17, 15) is 0 Å². The van der Waals surface area contributed by atoms with Crippen LogP contribution in [0, 0.1) is 0 Å². The zero-order chi connectivity index (χ0) is 14.5. The van der Waals surface area contributed by atoms with Gasteiger partial charge in [-0.15, -0.1) is 0 Å². The summed E-state index contributed by atoms with van der Waals surface area (Å²) in [6.07, 6.45) is 3.65.